The van der Waals surface area contributed by atoms with Gasteiger partial charge in [0.15, 0.2) is 0 Å². The molecule has 5 heteroatoms. The Bertz CT molecular complexity index is 573. The monoisotopic (exact) mass is 292 g/mol. The number of carbonyl (C=O) groups excluding carboxylic acids is 1. The molecule has 0 aliphatic rings. The van der Waals surface area contributed by atoms with Crippen LogP contribution in [0.25, 0.3) is 0 Å². The second kappa shape index (κ2) is 7.83. The Morgan fingerprint density at radius 3 is 2.80 bits per heavy atom. The van der Waals surface area contributed by atoms with E-state index in [1.807, 2.05) is 26.0 Å². The number of nitrogens with two attached hydrogens (primary N) is 1. The number of hydrogen-bond acceptors (Lipinski definition) is 3. The number of aryl methyl sites for hydroxylation is 1. The van der Waals surface area contributed by atoms with Gasteiger partial charge in [-0.2, -0.15) is 0 Å². The van der Waals surface area contributed by atoms with Crippen LogP contribution in [0.4, 0.5) is 0 Å². The minimum atomic E-state index is -0.942. The molecule has 3 N–H and O–H groups in total. The highest BCUT2D eigenvalue weighted by atomic mass is 32.2. The lowest BCUT2D eigenvalue weighted by molar-refractivity contribution is 0.0943. The highest BCUT2D eigenvalue weighted by Gasteiger charge is 2.13. The standard InChI is InChI=1S/C15H20N2O2S/c1-11-6-7-14(13(9-11)5-4-8-16)15(18)17-12(2)10-20(3)19/h6-7,9,12H,8,10,16H2,1-3H3,(H,17,18). The zero-order valence-electron chi connectivity index (χ0n) is 12.0. The summed E-state index contributed by atoms with van der Waals surface area (Å²) >= 11 is 0. The van der Waals surface area contributed by atoms with Crippen LogP contribution >= 0.6 is 0 Å². The van der Waals surface area contributed by atoms with Gasteiger partial charge in [0, 0.05) is 34.4 Å². The average Bonchev–Trinajstić information content (AvgIpc) is 2.35. The quantitative estimate of drug-likeness (QED) is 0.806. The Balaban J connectivity index is 2.94. The topological polar surface area (TPSA) is 72.2 Å². The molecule has 0 aromatic heterocycles. The summed E-state index contributed by atoms with van der Waals surface area (Å²) in [5.74, 6) is 5.90. The van der Waals surface area contributed by atoms with Gasteiger partial charge in [-0.05, 0) is 31.5 Å². The summed E-state index contributed by atoms with van der Waals surface area (Å²) in [4.78, 5) is 12.2. The van der Waals surface area contributed by atoms with Crippen molar-refractivity contribution in [3.8, 4) is 11.8 Å². The molecule has 20 heavy (non-hydrogen) atoms. The van der Waals surface area contributed by atoms with Gasteiger partial charge in [-0.25, -0.2) is 0 Å². The van der Waals surface area contributed by atoms with E-state index in [9.17, 15) is 9.00 Å². The van der Waals surface area contributed by atoms with Crippen molar-refractivity contribution in [3.05, 3.63) is 34.9 Å². The van der Waals surface area contributed by atoms with Gasteiger partial charge >= 0.3 is 0 Å². The van der Waals surface area contributed by atoms with Crippen LogP contribution < -0.4 is 11.1 Å². The van der Waals surface area contributed by atoms with E-state index < -0.39 is 10.8 Å². The van der Waals surface area contributed by atoms with Gasteiger partial charge < -0.3 is 11.1 Å². The first kappa shape index (κ1) is 16.4. The van der Waals surface area contributed by atoms with Gasteiger partial charge in [-0.3, -0.25) is 9.00 Å². The summed E-state index contributed by atoms with van der Waals surface area (Å²) in [5.41, 5.74) is 7.58. The maximum atomic E-state index is 12.2. The number of rotatable bonds is 4. The minimum absolute atomic E-state index is 0.148. The SMILES string of the molecule is Cc1ccc(C(=O)NC(C)CS(C)=O)c(C#CCN)c1. The molecule has 0 spiro atoms. The first-order valence-electron chi connectivity index (χ1n) is 6.34. The third-order valence-corrected chi connectivity index (χ3v) is 3.58. The van der Waals surface area contributed by atoms with Crippen molar-refractivity contribution in [2.24, 2.45) is 5.73 Å². The Morgan fingerprint density at radius 2 is 2.20 bits per heavy atom. The second-order valence-electron chi connectivity index (χ2n) is 4.67. The Kier molecular flexibility index (Phi) is 6.43. The van der Waals surface area contributed by atoms with Crippen LogP contribution in [-0.2, 0) is 10.8 Å². The number of carbonyl (C=O) groups is 1. The molecule has 1 amide bonds. The van der Waals surface area contributed by atoms with Crippen molar-refractivity contribution in [1.82, 2.24) is 5.32 Å². The zero-order chi connectivity index (χ0) is 15.1. The van der Waals surface area contributed by atoms with E-state index >= 15 is 0 Å². The van der Waals surface area contributed by atoms with Gasteiger partial charge in [0.25, 0.3) is 5.91 Å². The van der Waals surface area contributed by atoms with Crippen molar-refractivity contribution in [2.45, 2.75) is 19.9 Å². The smallest absolute Gasteiger partial charge is 0.252 e. The van der Waals surface area contributed by atoms with E-state index in [2.05, 4.69) is 17.2 Å². The lowest BCUT2D eigenvalue weighted by Gasteiger charge is -2.13. The average molecular weight is 292 g/mol. The molecule has 2 unspecified atom stereocenters. The largest absolute Gasteiger partial charge is 0.349 e. The molecule has 0 aliphatic carbocycles. The van der Waals surface area contributed by atoms with Crippen molar-refractivity contribution in [1.29, 1.82) is 0 Å². The van der Waals surface area contributed by atoms with E-state index in [-0.39, 0.29) is 18.5 Å². The highest BCUT2D eigenvalue weighted by Crippen LogP contribution is 2.11. The Morgan fingerprint density at radius 1 is 1.50 bits per heavy atom. The molecule has 4 nitrogen and oxygen atoms in total. The van der Waals surface area contributed by atoms with Crippen molar-refractivity contribution in [2.75, 3.05) is 18.6 Å². The molecule has 0 saturated carbocycles. The van der Waals surface area contributed by atoms with Crippen molar-refractivity contribution < 1.29 is 9.00 Å². The first-order chi connectivity index (χ1) is 9.43. The molecule has 0 radical (unpaired) electrons. The van der Waals surface area contributed by atoms with E-state index in [1.165, 1.54) is 0 Å². The van der Waals surface area contributed by atoms with E-state index in [0.717, 1.165) is 5.56 Å². The maximum Gasteiger partial charge on any atom is 0.252 e. The lowest BCUT2D eigenvalue weighted by atomic mass is 10.0. The molecular formula is C15H20N2O2S. The predicted octanol–water partition coefficient (Wildman–Crippen LogP) is 0.802. The van der Waals surface area contributed by atoms with Crippen LogP contribution in [0.2, 0.25) is 0 Å². The summed E-state index contributed by atoms with van der Waals surface area (Å²) < 4.78 is 11.1. The van der Waals surface area contributed by atoms with Gasteiger partial charge in [0.2, 0.25) is 0 Å². The lowest BCUT2D eigenvalue weighted by Crippen LogP contribution is -2.36. The van der Waals surface area contributed by atoms with Crippen LogP contribution in [0.5, 0.6) is 0 Å². The van der Waals surface area contributed by atoms with Gasteiger partial charge in [0.05, 0.1) is 12.1 Å². The fourth-order valence-corrected chi connectivity index (χ4v) is 2.59. The van der Waals surface area contributed by atoms with Gasteiger partial charge in [0.1, 0.15) is 0 Å². The van der Waals surface area contributed by atoms with E-state index in [1.54, 1.807) is 12.3 Å². The van der Waals surface area contributed by atoms with Crippen LogP contribution in [-0.4, -0.2) is 34.7 Å². The molecule has 2 atom stereocenters. The zero-order valence-corrected chi connectivity index (χ0v) is 12.8. The molecule has 1 rings (SSSR count). The normalized spacial score (nSPS) is 13.0. The summed E-state index contributed by atoms with van der Waals surface area (Å²) in [6.07, 6.45) is 1.62. The summed E-state index contributed by atoms with van der Waals surface area (Å²) in [5, 5.41) is 2.83. The highest BCUT2D eigenvalue weighted by molar-refractivity contribution is 7.84. The fourth-order valence-electron chi connectivity index (χ4n) is 1.80. The first-order valence-corrected chi connectivity index (χ1v) is 8.07. The molecule has 0 fully saturated rings. The van der Waals surface area contributed by atoms with E-state index in [4.69, 9.17) is 5.73 Å². The predicted molar refractivity (Wildman–Crippen MR) is 83.0 cm³/mol. The Hall–Kier alpha value is -1.64. The van der Waals surface area contributed by atoms with E-state index in [0.29, 0.717) is 16.9 Å². The van der Waals surface area contributed by atoms with Crippen LogP contribution in [0.3, 0.4) is 0 Å². The van der Waals surface area contributed by atoms with Crippen LogP contribution in [0, 0.1) is 18.8 Å². The maximum absolute atomic E-state index is 12.2. The van der Waals surface area contributed by atoms with Crippen LogP contribution in [0.15, 0.2) is 18.2 Å². The number of nitrogens with one attached hydrogen (secondary N) is 1. The molecule has 108 valence electrons. The van der Waals surface area contributed by atoms with Gasteiger partial charge in [-0.1, -0.05) is 17.9 Å². The summed E-state index contributed by atoms with van der Waals surface area (Å²) in [6, 6.07) is 5.33. The number of hydrogen-bond donors (Lipinski definition) is 2. The fraction of sp³-hybridized carbons (Fsp3) is 0.400. The molecule has 0 saturated heterocycles. The summed E-state index contributed by atoms with van der Waals surface area (Å²) in [7, 11) is -0.942. The Labute approximate surface area is 122 Å². The van der Waals surface area contributed by atoms with Crippen molar-refractivity contribution >= 4 is 16.7 Å². The number of benzene rings is 1. The van der Waals surface area contributed by atoms with Crippen molar-refractivity contribution in [3.63, 3.8) is 0 Å². The molecule has 1 aromatic carbocycles. The molecular weight excluding hydrogens is 272 g/mol. The molecule has 1 aromatic rings. The van der Waals surface area contributed by atoms with Gasteiger partial charge in [-0.15, -0.1) is 0 Å². The molecule has 0 bridgehead atoms. The molecule has 0 heterocycles. The third kappa shape index (κ3) is 5.16. The third-order valence-electron chi connectivity index (χ3n) is 2.61. The second-order valence-corrected chi connectivity index (χ2v) is 6.15. The molecule has 0 aliphatic heterocycles. The number of amides is 1. The van der Waals surface area contributed by atoms with Crippen LogP contribution in [0.1, 0.15) is 28.4 Å². The minimum Gasteiger partial charge on any atom is -0.349 e. The summed E-state index contributed by atoms with van der Waals surface area (Å²) in [6.45, 7) is 4.02.